The average Bonchev–Trinajstić information content (AvgIpc) is 3.40. The van der Waals surface area contributed by atoms with Crippen LogP contribution in [0.15, 0.2) is 54.6 Å². The van der Waals surface area contributed by atoms with E-state index in [0.717, 1.165) is 17.4 Å². The Morgan fingerprint density at radius 1 is 0.860 bits per heavy atom. The molecule has 0 radical (unpaired) electrons. The van der Waals surface area contributed by atoms with E-state index in [0.29, 0.717) is 4.70 Å². The predicted molar refractivity (Wildman–Crippen MR) is 145 cm³/mol. The summed E-state index contributed by atoms with van der Waals surface area (Å²) in [6, 6.07) is 11.3. The zero-order valence-corrected chi connectivity index (χ0v) is 24.2. The molecule has 15 heteroatoms. The zero-order chi connectivity index (χ0) is 31.6. The van der Waals surface area contributed by atoms with E-state index in [1.807, 2.05) is 0 Å². The minimum atomic E-state index is -4.56. The molecule has 43 heavy (non-hydrogen) atoms. The molecule has 3 aromatic carbocycles. The molecule has 1 heterocycles. The van der Waals surface area contributed by atoms with E-state index in [9.17, 15) is 36.1 Å². The molecule has 7 nitrogen and oxygen atoms in total. The third-order valence-electron chi connectivity index (χ3n) is 5.74. The third kappa shape index (κ3) is 6.87. The molecule has 0 aliphatic rings. The number of ether oxygens (including phenoxy) is 2. The monoisotopic (exact) mass is 645 g/mol. The molecule has 1 unspecified atom stereocenters. The molecule has 0 amide bonds. The summed E-state index contributed by atoms with van der Waals surface area (Å²) in [5, 5.41) is 2.61. The third-order valence-corrected chi connectivity index (χ3v) is 8.96. The Morgan fingerprint density at radius 3 is 2.07 bits per heavy atom. The fraction of sp³-hybridized carbons (Fsp3) is 0.214. The van der Waals surface area contributed by atoms with Gasteiger partial charge in [0.05, 0.1) is 6.10 Å². The minimum absolute atomic E-state index is 0.0418. The summed E-state index contributed by atoms with van der Waals surface area (Å²) in [7, 11) is -4.56. The summed E-state index contributed by atoms with van der Waals surface area (Å²) in [4.78, 5) is 24.6. The van der Waals surface area contributed by atoms with E-state index in [1.54, 1.807) is 32.0 Å². The van der Waals surface area contributed by atoms with E-state index in [-0.39, 0.29) is 21.6 Å². The number of hydrogen-bond donors (Lipinski definition) is 1. The van der Waals surface area contributed by atoms with Gasteiger partial charge in [-0.3, -0.25) is 9.36 Å². The number of nitrogens with one attached hydrogen (secondary N) is 1. The van der Waals surface area contributed by atoms with Gasteiger partial charge in [-0.2, -0.15) is 8.78 Å². The van der Waals surface area contributed by atoms with Crippen LogP contribution >= 0.6 is 18.9 Å². The van der Waals surface area contributed by atoms with E-state index >= 15 is 4.39 Å². The van der Waals surface area contributed by atoms with Gasteiger partial charge < -0.3 is 14.0 Å². The highest BCUT2D eigenvalue weighted by atomic mass is 32.1. The van der Waals surface area contributed by atoms with Crippen LogP contribution in [0.3, 0.4) is 0 Å². The van der Waals surface area contributed by atoms with Crippen molar-refractivity contribution in [1.82, 2.24) is 5.09 Å². The molecule has 0 aliphatic heterocycles. The van der Waals surface area contributed by atoms with Gasteiger partial charge in [-0.1, -0.05) is 24.3 Å². The zero-order valence-electron chi connectivity index (χ0n) is 22.5. The Hall–Kier alpha value is -3.87. The highest BCUT2D eigenvalue weighted by Crippen LogP contribution is 2.58. The minimum Gasteiger partial charge on any atom is -0.462 e. The van der Waals surface area contributed by atoms with Crippen LogP contribution in [-0.2, 0) is 14.1 Å². The van der Waals surface area contributed by atoms with Crippen molar-refractivity contribution in [3.63, 3.8) is 0 Å². The van der Waals surface area contributed by atoms with Gasteiger partial charge >= 0.3 is 19.5 Å². The van der Waals surface area contributed by atoms with Crippen molar-refractivity contribution in [2.45, 2.75) is 38.8 Å². The number of alkyl halides is 1. The number of hydrogen-bond acceptors (Lipinski definition) is 7. The van der Waals surface area contributed by atoms with Crippen LogP contribution in [0, 0.1) is 29.1 Å². The Bertz CT molecular complexity index is 1700. The van der Waals surface area contributed by atoms with Crippen LogP contribution in [0.1, 0.15) is 41.9 Å². The van der Waals surface area contributed by atoms with Crippen LogP contribution in [0.5, 0.6) is 11.5 Å². The Morgan fingerprint density at radius 2 is 1.47 bits per heavy atom. The van der Waals surface area contributed by atoms with Gasteiger partial charge in [0.25, 0.3) is 0 Å². The second-order valence-electron chi connectivity index (χ2n) is 9.37. The summed E-state index contributed by atoms with van der Waals surface area (Å²) in [6.45, 7) is 4.53. The Balaban J connectivity index is 1.64. The Labute approximate surface area is 244 Å². The molecule has 0 bridgehead atoms. The van der Waals surface area contributed by atoms with Gasteiger partial charge in [0.15, 0.2) is 0 Å². The predicted octanol–water partition coefficient (Wildman–Crippen LogP) is 7.99. The van der Waals surface area contributed by atoms with Gasteiger partial charge in [-0.05, 0) is 62.1 Å². The maximum Gasteiger partial charge on any atom is 0.355 e. The second kappa shape index (κ2) is 12.8. The molecule has 1 aromatic heterocycles. The number of esters is 2. The van der Waals surface area contributed by atoms with E-state index in [4.69, 9.17) is 9.26 Å². The lowest BCUT2D eigenvalue weighted by atomic mass is 10.2. The SMILES string of the molecule is CC(C)OC(=O)[C@H](C)NP(=O)(Oc1ccccc1)[C@H](F)c1ccc2sc(C(=O)Oc3c(F)c(F)c(F)c(F)c3F)cc2c1. The first-order chi connectivity index (χ1) is 20.2. The highest BCUT2D eigenvalue weighted by molar-refractivity contribution is 7.57. The molecule has 0 saturated heterocycles. The average molecular weight is 646 g/mol. The molecule has 0 saturated carbocycles. The second-order valence-corrected chi connectivity index (χ2v) is 12.5. The Kier molecular flexibility index (Phi) is 9.53. The standard InChI is InChI=1S/C28H22F6NO6PS/c1-13(2)39-27(36)14(3)35-42(38,41-17-7-5-4-6-8-17)26(34)15-9-10-18-16(11-15)12-19(43-18)28(37)40-25-23(32)21(30)20(29)22(31)24(25)33/h4-14,26H,1-3H3,(H,35,38)/t14-,26-,42?/m0/s1. The summed E-state index contributed by atoms with van der Waals surface area (Å²) < 4.78 is 114. The van der Waals surface area contributed by atoms with Crippen LogP contribution < -0.4 is 14.3 Å². The maximum atomic E-state index is 16.1. The number of fused-ring (bicyclic) bond motifs is 1. The number of rotatable bonds is 10. The van der Waals surface area contributed by atoms with Gasteiger partial charge in [0, 0.05) is 4.70 Å². The molecule has 4 aromatic rings. The van der Waals surface area contributed by atoms with Crippen molar-refractivity contribution in [2.75, 3.05) is 0 Å². The first-order valence-corrected chi connectivity index (χ1v) is 15.0. The van der Waals surface area contributed by atoms with Crippen molar-refractivity contribution in [3.05, 3.63) is 94.1 Å². The van der Waals surface area contributed by atoms with Crippen LogP contribution in [0.2, 0.25) is 0 Å². The summed E-state index contributed by atoms with van der Waals surface area (Å²) in [6.07, 6.45) is -0.497. The quantitative estimate of drug-likeness (QED) is 0.0467. The largest absolute Gasteiger partial charge is 0.462 e. The fourth-order valence-electron chi connectivity index (χ4n) is 3.76. The molecule has 0 aliphatic carbocycles. The summed E-state index contributed by atoms with van der Waals surface area (Å²) >= 11 is 0.718. The molecule has 1 N–H and O–H groups in total. The van der Waals surface area contributed by atoms with Crippen LogP contribution in [-0.4, -0.2) is 24.1 Å². The van der Waals surface area contributed by atoms with E-state index in [2.05, 4.69) is 9.82 Å². The number of carbonyl (C=O) groups excluding carboxylic acids is 2. The first kappa shape index (κ1) is 32.1. The van der Waals surface area contributed by atoms with Gasteiger partial charge in [-0.25, -0.2) is 27.4 Å². The number of benzene rings is 3. The molecule has 0 spiro atoms. The smallest absolute Gasteiger partial charge is 0.355 e. The van der Waals surface area contributed by atoms with Gasteiger partial charge in [0.2, 0.25) is 40.7 Å². The van der Waals surface area contributed by atoms with Crippen molar-refractivity contribution in [2.24, 2.45) is 0 Å². The number of halogens is 6. The van der Waals surface area contributed by atoms with E-state index < -0.39 is 72.4 Å². The maximum absolute atomic E-state index is 16.1. The first-order valence-electron chi connectivity index (χ1n) is 12.5. The molecule has 0 fully saturated rings. The lowest BCUT2D eigenvalue weighted by Gasteiger charge is -2.26. The highest BCUT2D eigenvalue weighted by Gasteiger charge is 2.41. The van der Waals surface area contributed by atoms with Crippen molar-refractivity contribution in [1.29, 1.82) is 0 Å². The van der Waals surface area contributed by atoms with Gasteiger partial charge in [-0.15, -0.1) is 11.3 Å². The molecular formula is C28H22F6NO6PS. The lowest BCUT2D eigenvalue weighted by Crippen LogP contribution is -2.36. The van der Waals surface area contributed by atoms with Crippen molar-refractivity contribution in [3.8, 4) is 11.5 Å². The number of para-hydroxylation sites is 1. The van der Waals surface area contributed by atoms with Crippen molar-refractivity contribution >= 4 is 40.9 Å². The molecule has 228 valence electrons. The van der Waals surface area contributed by atoms with Crippen LogP contribution in [0.25, 0.3) is 10.1 Å². The van der Waals surface area contributed by atoms with Gasteiger partial charge in [0.1, 0.15) is 16.7 Å². The fourth-order valence-corrected chi connectivity index (χ4v) is 6.59. The normalized spacial score (nSPS) is 14.3. The topological polar surface area (TPSA) is 90.9 Å². The number of thiophene rings is 1. The van der Waals surface area contributed by atoms with Crippen molar-refractivity contribution < 1.29 is 54.5 Å². The molecule has 4 rings (SSSR count). The number of carbonyl (C=O) groups is 2. The van der Waals surface area contributed by atoms with E-state index in [1.165, 1.54) is 37.3 Å². The molecular weight excluding hydrogens is 623 g/mol. The summed E-state index contributed by atoms with van der Waals surface area (Å²) in [5.74, 6) is -18.0. The summed E-state index contributed by atoms with van der Waals surface area (Å²) in [5.41, 5.74) is -0.193. The molecule has 3 atom stereocenters. The lowest BCUT2D eigenvalue weighted by molar-refractivity contribution is -0.149. The van der Waals surface area contributed by atoms with Crippen LogP contribution in [0.4, 0.5) is 26.3 Å².